The third kappa shape index (κ3) is 4.05. The quantitative estimate of drug-likeness (QED) is 0.811. The summed E-state index contributed by atoms with van der Waals surface area (Å²) in [4.78, 5) is -0.675. The summed E-state index contributed by atoms with van der Waals surface area (Å²) in [6.45, 7) is 2.43. The zero-order valence-electron chi connectivity index (χ0n) is 12.8. The van der Waals surface area contributed by atoms with Crippen LogP contribution < -0.4 is 4.74 Å². The first-order valence-corrected chi connectivity index (χ1v) is 8.41. The van der Waals surface area contributed by atoms with Crippen LogP contribution in [0.1, 0.15) is 12.5 Å². The number of benzene rings is 2. The van der Waals surface area contributed by atoms with E-state index in [0.29, 0.717) is 24.0 Å². The zero-order chi connectivity index (χ0) is 17.0. The van der Waals surface area contributed by atoms with Crippen molar-refractivity contribution in [3.05, 3.63) is 59.7 Å². The van der Waals surface area contributed by atoms with Gasteiger partial charge in [-0.15, -0.1) is 0 Å². The van der Waals surface area contributed by atoms with E-state index in [0.717, 1.165) is 16.4 Å². The van der Waals surface area contributed by atoms with Crippen LogP contribution in [0, 0.1) is 11.6 Å². The van der Waals surface area contributed by atoms with Gasteiger partial charge in [0.2, 0.25) is 10.0 Å². The van der Waals surface area contributed by atoms with Gasteiger partial charge in [-0.1, -0.05) is 12.1 Å². The first-order chi connectivity index (χ1) is 10.8. The normalized spacial score (nSPS) is 11.7. The van der Waals surface area contributed by atoms with Crippen molar-refractivity contribution in [2.24, 2.45) is 0 Å². The standard InChI is InChI=1S/C16H17F2NO3S/c1-3-22-14-7-4-12(5-8-14)11-19(2)23(20,21)16-10-13(17)6-9-15(16)18/h4-10H,3,11H2,1-2H3. The molecule has 0 saturated carbocycles. The average molecular weight is 341 g/mol. The molecule has 7 heteroatoms. The van der Waals surface area contributed by atoms with E-state index in [4.69, 9.17) is 4.74 Å². The topological polar surface area (TPSA) is 46.6 Å². The van der Waals surface area contributed by atoms with Crippen LogP contribution in [0.3, 0.4) is 0 Å². The van der Waals surface area contributed by atoms with Crippen LogP contribution in [0.2, 0.25) is 0 Å². The van der Waals surface area contributed by atoms with Crippen LogP contribution >= 0.6 is 0 Å². The third-order valence-corrected chi connectivity index (χ3v) is 5.04. The van der Waals surface area contributed by atoms with E-state index in [-0.39, 0.29) is 6.54 Å². The monoisotopic (exact) mass is 341 g/mol. The van der Waals surface area contributed by atoms with Crippen molar-refractivity contribution in [2.75, 3.05) is 13.7 Å². The fraction of sp³-hybridized carbons (Fsp3) is 0.250. The van der Waals surface area contributed by atoms with Crippen molar-refractivity contribution >= 4 is 10.0 Å². The van der Waals surface area contributed by atoms with Gasteiger partial charge >= 0.3 is 0 Å². The molecule has 0 spiro atoms. The Kier molecular flexibility index (Phi) is 5.33. The van der Waals surface area contributed by atoms with Gasteiger partial charge in [-0.3, -0.25) is 0 Å². The molecule has 23 heavy (non-hydrogen) atoms. The predicted molar refractivity (Wildman–Crippen MR) is 82.6 cm³/mol. The van der Waals surface area contributed by atoms with Crippen molar-refractivity contribution in [1.82, 2.24) is 4.31 Å². The van der Waals surface area contributed by atoms with Gasteiger partial charge in [0.1, 0.15) is 22.3 Å². The van der Waals surface area contributed by atoms with Gasteiger partial charge in [-0.2, -0.15) is 4.31 Å². The largest absolute Gasteiger partial charge is 0.494 e. The molecule has 2 aromatic carbocycles. The van der Waals surface area contributed by atoms with Crippen molar-refractivity contribution in [3.8, 4) is 5.75 Å². The molecule has 0 aliphatic heterocycles. The zero-order valence-corrected chi connectivity index (χ0v) is 13.6. The summed E-state index contributed by atoms with van der Waals surface area (Å²) in [7, 11) is -2.81. The Balaban J connectivity index is 2.21. The fourth-order valence-electron chi connectivity index (χ4n) is 2.04. The smallest absolute Gasteiger partial charge is 0.246 e. The Morgan fingerprint density at radius 3 is 2.35 bits per heavy atom. The van der Waals surface area contributed by atoms with E-state index in [2.05, 4.69) is 0 Å². The summed E-state index contributed by atoms with van der Waals surface area (Å²) < 4.78 is 58.0. The summed E-state index contributed by atoms with van der Waals surface area (Å²) in [6, 6.07) is 9.25. The second-order valence-electron chi connectivity index (χ2n) is 4.91. The Morgan fingerprint density at radius 2 is 1.74 bits per heavy atom. The molecule has 0 amide bonds. The number of hydrogen-bond acceptors (Lipinski definition) is 3. The van der Waals surface area contributed by atoms with E-state index >= 15 is 0 Å². The lowest BCUT2D eigenvalue weighted by Crippen LogP contribution is -2.27. The fourth-order valence-corrected chi connectivity index (χ4v) is 3.27. The maximum Gasteiger partial charge on any atom is 0.246 e. The van der Waals surface area contributed by atoms with Crippen molar-refractivity contribution in [3.63, 3.8) is 0 Å². The Bertz CT molecular complexity index is 776. The van der Waals surface area contributed by atoms with E-state index < -0.39 is 26.6 Å². The number of hydrogen-bond donors (Lipinski definition) is 0. The maximum atomic E-state index is 13.7. The molecule has 0 unspecified atom stereocenters. The average Bonchev–Trinajstić information content (AvgIpc) is 2.51. The van der Waals surface area contributed by atoms with Crippen LogP contribution in [-0.4, -0.2) is 26.4 Å². The molecule has 0 aromatic heterocycles. The highest BCUT2D eigenvalue weighted by molar-refractivity contribution is 7.89. The molecule has 0 atom stereocenters. The van der Waals surface area contributed by atoms with E-state index in [1.54, 1.807) is 24.3 Å². The maximum absolute atomic E-state index is 13.7. The Hall–Kier alpha value is -1.99. The molecule has 2 rings (SSSR count). The van der Waals surface area contributed by atoms with E-state index in [9.17, 15) is 17.2 Å². The molecule has 0 aliphatic carbocycles. The lowest BCUT2D eigenvalue weighted by molar-refractivity contribution is 0.340. The molecule has 124 valence electrons. The number of nitrogens with zero attached hydrogens (tertiary/aromatic N) is 1. The van der Waals surface area contributed by atoms with Crippen LogP contribution in [0.25, 0.3) is 0 Å². The molecule has 0 bridgehead atoms. The molecular weight excluding hydrogens is 324 g/mol. The number of ether oxygens (including phenoxy) is 1. The predicted octanol–water partition coefficient (Wildman–Crippen LogP) is 3.18. The molecule has 0 fully saturated rings. The summed E-state index contributed by atoms with van der Waals surface area (Å²) >= 11 is 0. The third-order valence-electron chi connectivity index (χ3n) is 3.22. The minimum Gasteiger partial charge on any atom is -0.494 e. The lowest BCUT2D eigenvalue weighted by atomic mass is 10.2. The second-order valence-corrected chi connectivity index (χ2v) is 6.93. The molecule has 0 radical (unpaired) electrons. The van der Waals surface area contributed by atoms with Gasteiger partial charge in [0, 0.05) is 13.6 Å². The molecule has 4 nitrogen and oxygen atoms in total. The first kappa shape index (κ1) is 17.4. The van der Waals surface area contributed by atoms with Crippen molar-refractivity contribution < 1.29 is 21.9 Å². The number of halogens is 2. The minimum atomic E-state index is -4.12. The summed E-state index contributed by atoms with van der Waals surface area (Å²) in [5.41, 5.74) is 0.705. The highest BCUT2D eigenvalue weighted by atomic mass is 32.2. The first-order valence-electron chi connectivity index (χ1n) is 6.97. The minimum absolute atomic E-state index is 0.0324. The van der Waals surface area contributed by atoms with Gasteiger partial charge in [0.15, 0.2) is 0 Å². The molecule has 0 N–H and O–H groups in total. The van der Waals surface area contributed by atoms with Crippen LogP contribution in [0.5, 0.6) is 5.75 Å². The molecule has 2 aromatic rings. The van der Waals surface area contributed by atoms with Crippen molar-refractivity contribution in [2.45, 2.75) is 18.4 Å². The van der Waals surface area contributed by atoms with Crippen molar-refractivity contribution in [1.29, 1.82) is 0 Å². The lowest BCUT2D eigenvalue weighted by Gasteiger charge is -2.18. The molecule has 0 saturated heterocycles. The summed E-state index contributed by atoms with van der Waals surface area (Å²) in [5, 5.41) is 0. The highest BCUT2D eigenvalue weighted by Gasteiger charge is 2.25. The van der Waals surface area contributed by atoms with Gasteiger partial charge in [-0.05, 0) is 42.8 Å². The number of sulfonamides is 1. The number of rotatable bonds is 6. The summed E-state index contributed by atoms with van der Waals surface area (Å²) in [5.74, 6) is -1.11. The molecule has 0 aliphatic rings. The van der Waals surface area contributed by atoms with Gasteiger partial charge in [0.05, 0.1) is 6.61 Å². The van der Waals surface area contributed by atoms with Gasteiger partial charge in [0.25, 0.3) is 0 Å². The van der Waals surface area contributed by atoms with Crippen LogP contribution in [0.4, 0.5) is 8.78 Å². The van der Waals surface area contributed by atoms with E-state index in [1.165, 1.54) is 7.05 Å². The van der Waals surface area contributed by atoms with Crippen LogP contribution in [-0.2, 0) is 16.6 Å². The summed E-state index contributed by atoms with van der Waals surface area (Å²) in [6.07, 6.45) is 0. The Morgan fingerprint density at radius 1 is 1.09 bits per heavy atom. The molecular formula is C16H17F2NO3S. The Labute approximate surface area is 134 Å². The second kappa shape index (κ2) is 7.06. The van der Waals surface area contributed by atoms with Gasteiger partial charge in [-0.25, -0.2) is 17.2 Å². The van der Waals surface area contributed by atoms with E-state index in [1.807, 2.05) is 6.92 Å². The highest BCUT2D eigenvalue weighted by Crippen LogP contribution is 2.21. The van der Waals surface area contributed by atoms with Gasteiger partial charge < -0.3 is 4.74 Å². The SMILES string of the molecule is CCOc1ccc(CN(C)S(=O)(=O)c2cc(F)ccc2F)cc1. The van der Waals surface area contributed by atoms with Crippen LogP contribution in [0.15, 0.2) is 47.4 Å². The molecule has 0 heterocycles.